The number of methoxy groups -OCH3 is 1. The molecule has 0 aliphatic carbocycles. The van der Waals surface area contributed by atoms with Crippen molar-refractivity contribution >= 4 is 16.6 Å². The average molecular weight is 337 g/mol. The maximum atomic E-state index is 13.8. The van der Waals surface area contributed by atoms with E-state index in [2.05, 4.69) is 34.4 Å². The van der Waals surface area contributed by atoms with Gasteiger partial charge in [-0.05, 0) is 61.4 Å². The van der Waals surface area contributed by atoms with E-state index >= 15 is 0 Å². The molecular formula is C20H20FN3O. The molecule has 2 aromatic heterocycles. The molecular weight excluding hydrogens is 317 g/mol. The van der Waals surface area contributed by atoms with Gasteiger partial charge in [0, 0.05) is 28.9 Å². The van der Waals surface area contributed by atoms with Gasteiger partial charge < -0.3 is 15.0 Å². The van der Waals surface area contributed by atoms with Gasteiger partial charge in [-0.25, -0.2) is 9.37 Å². The van der Waals surface area contributed by atoms with E-state index < -0.39 is 0 Å². The molecule has 128 valence electrons. The Morgan fingerprint density at radius 2 is 2.08 bits per heavy atom. The second-order valence-corrected chi connectivity index (χ2v) is 6.33. The summed E-state index contributed by atoms with van der Waals surface area (Å²) in [6.45, 7) is 3.10. The first-order valence-electron chi connectivity index (χ1n) is 8.42. The molecule has 2 N–H and O–H groups in total. The molecule has 1 aliphatic heterocycles. The smallest absolute Gasteiger partial charge is 0.138 e. The molecule has 4 rings (SSSR count). The van der Waals surface area contributed by atoms with Gasteiger partial charge in [-0.2, -0.15) is 0 Å². The first-order chi connectivity index (χ1) is 12.2. The lowest BCUT2D eigenvalue weighted by Gasteiger charge is -2.18. The summed E-state index contributed by atoms with van der Waals surface area (Å²) >= 11 is 0. The summed E-state index contributed by atoms with van der Waals surface area (Å²) in [6.07, 6.45) is 4.94. The summed E-state index contributed by atoms with van der Waals surface area (Å²) in [7, 11) is 1.60. The summed E-state index contributed by atoms with van der Waals surface area (Å²) < 4.78 is 19.2. The van der Waals surface area contributed by atoms with Crippen molar-refractivity contribution in [2.24, 2.45) is 0 Å². The Morgan fingerprint density at radius 1 is 1.20 bits per heavy atom. The number of nitrogens with one attached hydrogen (secondary N) is 2. The van der Waals surface area contributed by atoms with E-state index in [0.717, 1.165) is 40.8 Å². The standard InChI is InChI=1S/C20H20FN3O/c1-12-9-13(5-7-22-12)18-11-17-15(6-8-23-20(17)24-18)16-10-14(21)3-4-19(16)25-2/h3-4,6,8-12,22H,5,7H2,1-2H3,(H,23,24)/t12-/m0/s1. The van der Waals surface area contributed by atoms with Gasteiger partial charge in [0.05, 0.1) is 7.11 Å². The minimum absolute atomic E-state index is 0.286. The third-order valence-electron chi connectivity index (χ3n) is 4.64. The van der Waals surface area contributed by atoms with Crippen LogP contribution in [-0.2, 0) is 0 Å². The maximum absolute atomic E-state index is 13.8. The van der Waals surface area contributed by atoms with Gasteiger partial charge in [-0.1, -0.05) is 6.08 Å². The number of hydrogen-bond donors (Lipinski definition) is 2. The molecule has 0 saturated carbocycles. The van der Waals surface area contributed by atoms with E-state index in [1.54, 1.807) is 19.4 Å². The van der Waals surface area contributed by atoms with Crippen LogP contribution in [0.25, 0.3) is 27.7 Å². The Hall–Kier alpha value is -2.66. The van der Waals surface area contributed by atoms with Gasteiger partial charge in [0.15, 0.2) is 0 Å². The van der Waals surface area contributed by atoms with E-state index in [9.17, 15) is 4.39 Å². The second-order valence-electron chi connectivity index (χ2n) is 6.33. The Kier molecular flexibility index (Phi) is 4.01. The molecule has 5 heteroatoms. The fourth-order valence-electron chi connectivity index (χ4n) is 3.43. The minimum atomic E-state index is -0.286. The van der Waals surface area contributed by atoms with Crippen LogP contribution in [0.3, 0.4) is 0 Å². The summed E-state index contributed by atoms with van der Waals surface area (Å²) in [4.78, 5) is 7.85. The lowest BCUT2D eigenvalue weighted by molar-refractivity contribution is 0.415. The Balaban J connectivity index is 1.88. The van der Waals surface area contributed by atoms with Gasteiger partial charge in [0.2, 0.25) is 0 Å². The van der Waals surface area contributed by atoms with Crippen molar-refractivity contribution in [2.75, 3.05) is 13.7 Å². The van der Waals surface area contributed by atoms with Crippen LogP contribution < -0.4 is 10.1 Å². The highest BCUT2D eigenvalue weighted by Gasteiger charge is 2.16. The molecule has 4 nitrogen and oxygen atoms in total. The van der Waals surface area contributed by atoms with Crippen molar-refractivity contribution in [3.05, 3.63) is 54.1 Å². The van der Waals surface area contributed by atoms with E-state index in [1.807, 2.05) is 6.07 Å². The second kappa shape index (κ2) is 6.33. The molecule has 0 spiro atoms. The minimum Gasteiger partial charge on any atom is -0.496 e. The molecule has 0 unspecified atom stereocenters. The van der Waals surface area contributed by atoms with Gasteiger partial charge in [-0.3, -0.25) is 0 Å². The van der Waals surface area contributed by atoms with Crippen LogP contribution in [0.1, 0.15) is 19.0 Å². The molecule has 0 amide bonds. The normalized spacial score (nSPS) is 17.6. The van der Waals surface area contributed by atoms with Crippen molar-refractivity contribution in [1.82, 2.24) is 15.3 Å². The molecule has 3 heterocycles. The monoisotopic (exact) mass is 337 g/mol. The molecule has 1 aliphatic rings. The van der Waals surface area contributed by atoms with E-state index in [4.69, 9.17) is 4.74 Å². The van der Waals surface area contributed by atoms with Crippen LogP contribution in [0, 0.1) is 5.82 Å². The van der Waals surface area contributed by atoms with Crippen LogP contribution in [0.2, 0.25) is 0 Å². The van der Waals surface area contributed by atoms with Crippen LogP contribution in [0.4, 0.5) is 4.39 Å². The summed E-state index contributed by atoms with van der Waals surface area (Å²) in [5.74, 6) is 0.359. The first kappa shape index (κ1) is 15.8. The van der Waals surface area contributed by atoms with Crippen molar-refractivity contribution < 1.29 is 9.13 Å². The van der Waals surface area contributed by atoms with Crippen LogP contribution in [-0.4, -0.2) is 29.7 Å². The van der Waals surface area contributed by atoms with Gasteiger partial charge in [0.25, 0.3) is 0 Å². The number of H-pyrrole nitrogens is 1. The summed E-state index contributed by atoms with van der Waals surface area (Å²) in [5.41, 5.74) is 4.78. The van der Waals surface area contributed by atoms with Crippen molar-refractivity contribution in [3.63, 3.8) is 0 Å². The molecule has 0 fully saturated rings. The SMILES string of the molecule is COc1ccc(F)cc1-c1ccnc2[nH]c(C3=C[C@H](C)NCC3)cc12. The molecule has 0 saturated heterocycles. The molecule has 25 heavy (non-hydrogen) atoms. The lowest BCUT2D eigenvalue weighted by atomic mass is 10.00. The zero-order chi connectivity index (χ0) is 17.4. The molecule has 0 bridgehead atoms. The predicted molar refractivity (Wildman–Crippen MR) is 98.1 cm³/mol. The number of pyridine rings is 1. The van der Waals surface area contributed by atoms with Gasteiger partial charge in [-0.15, -0.1) is 0 Å². The Bertz CT molecular complexity index is 961. The lowest BCUT2D eigenvalue weighted by Crippen LogP contribution is -2.29. The number of nitrogens with zero attached hydrogens (tertiary/aromatic N) is 1. The number of aromatic nitrogens is 2. The Labute approximate surface area is 145 Å². The largest absolute Gasteiger partial charge is 0.496 e. The average Bonchev–Trinajstić information content (AvgIpc) is 3.06. The highest BCUT2D eigenvalue weighted by atomic mass is 19.1. The van der Waals surface area contributed by atoms with Crippen molar-refractivity contribution in [3.8, 4) is 16.9 Å². The fourth-order valence-corrected chi connectivity index (χ4v) is 3.43. The topological polar surface area (TPSA) is 49.9 Å². The third-order valence-corrected chi connectivity index (χ3v) is 4.64. The van der Waals surface area contributed by atoms with E-state index in [-0.39, 0.29) is 5.82 Å². The van der Waals surface area contributed by atoms with E-state index in [1.165, 1.54) is 17.7 Å². The molecule has 1 atom stereocenters. The van der Waals surface area contributed by atoms with Crippen molar-refractivity contribution in [1.29, 1.82) is 0 Å². The zero-order valence-corrected chi connectivity index (χ0v) is 14.3. The summed E-state index contributed by atoms with van der Waals surface area (Å²) in [5, 5.41) is 4.38. The van der Waals surface area contributed by atoms with Crippen molar-refractivity contribution in [2.45, 2.75) is 19.4 Å². The number of fused-ring (bicyclic) bond motifs is 1. The third kappa shape index (κ3) is 2.91. The maximum Gasteiger partial charge on any atom is 0.138 e. The number of benzene rings is 1. The number of aromatic amines is 1. The first-order valence-corrected chi connectivity index (χ1v) is 8.42. The molecule has 1 aromatic carbocycles. The highest BCUT2D eigenvalue weighted by Crippen LogP contribution is 2.36. The molecule has 0 radical (unpaired) electrons. The number of rotatable bonds is 3. The summed E-state index contributed by atoms with van der Waals surface area (Å²) in [6, 6.07) is 8.92. The predicted octanol–water partition coefficient (Wildman–Crippen LogP) is 4.14. The fraction of sp³-hybridized carbons (Fsp3) is 0.250. The quantitative estimate of drug-likeness (QED) is 0.755. The zero-order valence-electron chi connectivity index (χ0n) is 14.3. The van der Waals surface area contributed by atoms with Gasteiger partial charge in [0.1, 0.15) is 17.2 Å². The Morgan fingerprint density at radius 3 is 2.88 bits per heavy atom. The number of halogens is 1. The number of hydrogen-bond acceptors (Lipinski definition) is 3. The van der Waals surface area contributed by atoms with Crippen LogP contribution in [0.5, 0.6) is 5.75 Å². The number of ether oxygens (including phenoxy) is 1. The molecule has 3 aromatic rings. The van der Waals surface area contributed by atoms with Gasteiger partial charge >= 0.3 is 0 Å². The van der Waals surface area contributed by atoms with E-state index in [0.29, 0.717) is 11.8 Å². The highest BCUT2D eigenvalue weighted by molar-refractivity contribution is 5.96. The van der Waals surface area contributed by atoms with Crippen LogP contribution >= 0.6 is 0 Å². The van der Waals surface area contributed by atoms with Crippen LogP contribution in [0.15, 0.2) is 42.6 Å².